The van der Waals surface area contributed by atoms with Gasteiger partial charge >= 0.3 is 0 Å². The summed E-state index contributed by atoms with van der Waals surface area (Å²) < 4.78 is 0. The van der Waals surface area contributed by atoms with Crippen molar-refractivity contribution in [1.29, 1.82) is 0 Å². The van der Waals surface area contributed by atoms with Crippen molar-refractivity contribution in [2.75, 3.05) is 26.2 Å². The van der Waals surface area contributed by atoms with Crippen LogP contribution in [0.1, 0.15) is 16.1 Å². The maximum atomic E-state index is 12.8. The van der Waals surface area contributed by atoms with Gasteiger partial charge in [-0.1, -0.05) is 30.3 Å². The third-order valence-electron chi connectivity index (χ3n) is 4.48. The summed E-state index contributed by atoms with van der Waals surface area (Å²) in [4.78, 5) is 19.3. The molecule has 0 saturated carbocycles. The van der Waals surface area contributed by atoms with Crippen LogP contribution >= 0.6 is 11.3 Å². The number of amides is 1. The molecule has 1 aromatic heterocycles. The maximum absolute atomic E-state index is 12.8. The molecule has 2 fully saturated rings. The largest absolute Gasteiger partial charge is 0.332 e. The summed E-state index contributed by atoms with van der Waals surface area (Å²) in [5, 5.41) is 0. The Morgan fingerprint density at radius 1 is 1.05 bits per heavy atom. The van der Waals surface area contributed by atoms with Crippen LogP contribution in [0.5, 0.6) is 0 Å². The molecule has 1 aromatic carbocycles. The summed E-state index contributed by atoms with van der Waals surface area (Å²) >= 11 is 1.61. The summed E-state index contributed by atoms with van der Waals surface area (Å²) in [5.41, 5.74) is 1.19. The summed E-state index contributed by atoms with van der Waals surface area (Å²) in [6.45, 7) is 4.11. The van der Waals surface area contributed by atoms with Gasteiger partial charge in [0.05, 0.1) is 4.88 Å². The van der Waals surface area contributed by atoms with Gasteiger partial charge in [-0.15, -0.1) is 11.3 Å². The van der Waals surface area contributed by atoms with E-state index in [0.29, 0.717) is 6.04 Å². The summed E-state index contributed by atoms with van der Waals surface area (Å²) in [5.74, 6) is 0.216. The highest BCUT2D eigenvalue weighted by Crippen LogP contribution is 2.30. The molecule has 0 N–H and O–H groups in total. The van der Waals surface area contributed by atoms with Crippen molar-refractivity contribution in [1.82, 2.24) is 9.80 Å². The van der Waals surface area contributed by atoms with Gasteiger partial charge in [0.2, 0.25) is 0 Å². The lowest BCUT2D eigenvalue weighted by Crippen LogP contribution is -2.49. The van der Waals surface area contributed by atoms with E-state index < -0.39 is 0 Å². The molecule has 2 aromatic rings. The number of thiophene rings is 1. The smallest absolute Gasteiger partial charge is 0.264 e. The molecule has 2 unspecified atom stereocenters. The number of fused-ring (bicyclic) bond motifs is 2. The summed E-state index contributed by atoms with van der Waals surface area (Å²) in [6.07, 6.45) is 1.13. The Bertz CT molecular complexity index is 652. The average molecular weight is 298 g/mol. The van der Waals surface area contributed by atoms with Crippen LogP contribution in [0.2, 0.25) is 0 Å². The zero-order chi connectivity index (χ0) is 14.2. The Hall–Kier alpha value is -1.65. The first-order valence-electron chi connectivity index (χ1n) is 7.50. The van der Waals surface area contributed by atoms with Crippen molar-refractivity contribution in [2.24, 2.45) is 0 Å². The summed E-state index contributed by atoms with van der Waals surface area (Å²) in [6, 6.07) is 14.7. The predicted molar refractivity (Wildman–Crippen MR) is 85.6 cm³/mol. The number of benzene rings is 1. The molecule has 0 aliphatic carbocycles. The minimum absolute atomic E-state index is 0.216. The molecule has 108 valence electrons. The molecule has 1 amide bonds. The van der Waals surface area contributed by atoms with E-state index in [-0.39, 0.29) is 5.91 Å². The Kier molecular flexibility index (Phi) is 3.28. The molecule has 2 saturated heterocycles. The highest BCUT2D eigenvalue weighted by atomic mass is 32.1. The minimum atomic E-state index is 0.216. The number of carbonyl (C=O) groups is 1. The molecular formula is C17H18N2OS. The van der Waals surface area contributed by atoms with Crippen LogP contribution in [0.3, 0.4) is 0 Å². The highest BCUT2D eigenvalue weighted by Gasteiger charge is 2.35. The lowest BCUT2D eigenvalue weighted by atomic mass is 10.2. The van der Waals surface area contributed by atoms with E-state index in [1.54, 1.807) is 11.3 Å². The van der Waals surface area contributed by atoms with Gasteiger partial charge in [-0.05, 0) is 24.1 Å². The first-order chi connectivity index (χ1) is 10.3. The molecule has 2 atom stereocenters. The number of carbonyl (C=O) groups excluding carboxylic acids is 1. The molecule has 3 heterocycles. The second kappa shape index (κ2) is 5.28. The molecule has 2 bridgehead atoms. The van der Waals surface area contributed by atoms with Gasteiger partial charge in [-0.3, -0.25) is 9.69 Å². The standard InChI is InChI=1S/C17H18N2OS/c20-17(19-11-10-18-9-8-14(19)12-18)16-7-6-15(21-16)13-4-2-1-3-5-13/h1-7,14H,8-12H2. The molecule has 0 spiro atoms. The van der Waals surface area contributed by atoms with Crippen LogP contribution in [-0.4, -0.2) is 47.9 Å². The number of nitrogens with zero attached hydrogens (tertiary/aromatic N) is 2. The predicted octanol–water partition coefficient (Wildman–Crippen LogP) is 2.95. The van der Waals surface area contributed by atoms with Crippen LogP contribution in [0.4, 0.5) is 0 Å². The zero-order valence-corrected chi connectivity index (χ0v) is 12.7. The van der Waals surface area contributed by atoms with Crippen molar-refractivity contribution in [2.45, 2.75) is 12.5 Å². The van der Waals surface area contributed by atoms with Crippen LogP contribution in [0.25, 0.3) is 10.4 Å². The normalized spacial score (nSPS) is 24.3. The van der Waals surface area contributed by atoms with Crippen molar-refractivity contribution in [3.05, 3.63) is 47.3 Å². The Balaban J connectivity index is 1.56. The van der Waals surface area contributed by atoms with E-state index >= 15 is 0 Å². The van der Waals surface area contributed by atoms with Gasteiger partial charge in [-0.2, -0.15) is 0 Å². The number of hydrogen-bond donors (Lipinski definition) is 0. The van der Waals surface area contributed by atoms with E-state index in [4.69, 9.17) is 0 Å². The lowest BCUT2D eigenvalue weighted by molar-refractivity contribution is 0.0614. The zero-order valence-electron chi connectivity index (χ0n) is 11.9. The monoisotopic (exact) mass is 298 g/mol. The van der Waals surface area contributed by atoms with Gasteiger partial charge in [0, 0.05) is 37.1 Å². The van der Waals surface area contributed by atoms with Crippen molar-refractivity contribution >= 4 is 17.2 Å². The Morgan fingerprint density at radius 2 is 1.90 bits per heavy atom. The lowest BCUT2D eigenvalue weighted by Gasteiger charge is -2.34. The van der Waals surface area contributed by atoms with E-state index in [9.17, 15) is 4.79 Å². The molecule has 0 radical (unpaired) electrons. The molecule has 2 aliphatic rings. The number of rotatable bonds is 2. The van der Waals surface area contributed by atoms with Gasteiger partial charge < -0.3 is 4.90 Å². The highest BCUT2D eigenvalue weighted by molar-refractivity contribution is 7.17. The van der Waals surface area contributed by atoms with Gasteiger partial charge in [0.1, 0.15) is 0 Å². The fraction of sp³-hybridized carbons (Fsp3) is 0.353. The Morgan fingerprint density at radius 3 is 2.76 bits per heavy atom. The first kappa shape index (κ1) is 13.0. The molecule has 4 rings (SSSR count). The van der Waals surface area contributed by atoms with E-state index in [2.05, 4.69) is 28.0 Å². The maximum Gasteiger partial charge on any atom is 0.264 e. The number of piperazine rings is 1. The second-order valence-electron chi connectivity index (χ2n) is 5.77. The molecule has 2 aliphatic heterocycles. The topological polar surface area (TPSA) is 23.6 Å². The van der Waals surface area contributed by atoms with Crippen LogP contribution < -0.4 is 0 Å². The van der Waals surface area contributed by atoms with E-state index in [1.165, 1.54) is 10.4 Å². The summed E-state index contributed by atoms with van der Waals surface area (Å²) in [7, 11) is 0. The first-order valence-corrected chi connectivity index (χ1v) is 8.31. The SMILES string of the molecule is O=C(c1ccc(-c2ccccc2)s1)N1CCN2CCC1C2. The fourth-order valence-corrected chi connectivity index (χ4v) is 4.29. The van der Waals surface area contributed by atoms with Gasteiger partial charge in [0.25, 0.3) is 5.91 Å². The van der Waals surface area contributed by atoms with Crippen molar-refractivity contribution in [3.8, 4) is 10.4 Å². The third-order valence-corrected chi connectivity index (χ3v) is 5.60. The Labute approximate surface area is 128 Å². The van der Waals surface area contributed by atoms with Crippen LogP contribution in [0.15, 0.2) is 42.5 Å². The number of hydrogen-bond acceptors (Lipinski definition) is 3. The molecule has 4 heteroatoms. The molecule has 3 nitrogen and oxygen atoms in total. The average Bonchev–Trinajstić information content (AvgIpc) is 3.15. The van der Waals surface area contributed by atoms with Crippen molar-refractivity contribution in [3.63, 3.8) is 0 Å². The quantitative estimate of drug-likeness (QED) is 0.851. The minimum Gasteiger partial charge on any atom is -0.332 e. The van der Waals surface area contributed by atoms with Crippen LogP contribution in [0, 0.1) is 0 Å². The van der Waals surface area contributed by atoms with E-state index in [1.807, 2.05) is 24.3 Å². The van der Waals surface area contributed by atoms with Crippen molar-refractivity contribution < 1.29 is 4.79 Å². The van der Waals surface area contributed by atoms with E-state index in [0.717, 1.165) is 37.5 Å². The second-order valence-corrected chi connectivity index (χ2v) is 6.86. The molecular weight excluding hydrogens is 280 g/mol. The van der Waals surface area contributed by atoms with Crippen LogP contribution in [-0.2, 0) is 0 Å². The van der Waals surface area contributed by atoms with Gasteiger partial charge in [0.15, 0.2) is 0 Å². The fourth-order valence-electron chi connectivity index (χ4n) is 3.32. The molecule has 21 heavy (non-hydrogen) atoms. The van der Waals surface area contributed by atoms with Gasteiger partial charge in [-0.25, -0.2) is 0 Å². The third kappa shape index (κ3) is 2.39.